The molecule has 4 nitrogen and oxygen atoms in total. The van der Waals surface area contributed by atoms with Gasteiger partial charge in [0, 0.05) is 50.0 Å². The molecule has 1 fully saturated rings. The number of amides is 1. The van der Waals surface area contributed by atoms with Gasteiger partial charge in [0.25, 0.3) is 0 Å². The minimum atomic E-state index is -0.239. The molecule has 1 saturated heterocycles. The summed E-state index contributed by atoms with van der Waals surface area (Å²) in [6.07, 6.45) is 4.63. The van der Waals surface area contributed by atoms with Gasteiger partial charge in [0.1, 0.15) is 0 Å². The zero-order valence-corrected chi connectivity index (χ0v) is 13.7. The van der Waals surface area contributed by atoms with Gasteiger partial charge in [-0.05, 0) is 25.0 Å². The molecule has 116 valence electrons. The summed E-state index contributed by atoms with van der Waals surface area (Å²) >= 11 is 0. The molecule has 0 unspecified atom stereocenters. The summed E-state index contributed by atoms with van der Waals surface area (Å²) in [4.78, 5) is 21.1. The van der Waals surface area contributed by atoms with Crippen LogP contribution in [0.2, 0.25) is 0 Å². The number of piperazine rings is 1. The maximum atomic E-state index is 12.5. The second kappa shape index (κ2) is 6.56. The van der Waals surface area contributed by atoms with Crippen molar-refractivity contribution in [2.45, 2.75) is 40.2 Å². The van der Waals surface area contributed by atoms with Crippen molar-refractivity contribution in [3.63, 3.8) is 0 Å². The number of carbonyl (C=O) groups excluding carboxylic acids is 1. The van der Waals surface area contributed by atoms with Crippen LogP contribution in [0.15, 0.2) is 24.5 Å². The van der Waals surface area contributed by atoms with Crippen LogP contribution in [-0.2, 0) is 4.79 Å². The monoisotopic (exact) mass is 289 g/mol. The molecule has 1 aliphatic rings. The molecule has 2 heterocycles. The van der Waals surface area contributed by atoms with Gasteiger partial charge in [-0.3, -0.25) is 14.7 Å². The van der Waals surface area contributed by atoms with Crippen LogP contribution in [-0.4, -0.2) is 46.9 Å². The fraction of sp³-hybridized carbons (Fsp3) is 0.647. The summed E-state index contributed by atoms with van der Waals surface area (Å²) in [5, 5.41) is 0. The Kier molecular flexibility index (Phi) is 4.99. The molecule has 0 radical (unpaired) electrons. The molecule has 1 amide bonds. The number of nitrogens with zero attached hydrogens (tertiary/aromatic N) is 3. The van der Waals surface area contributed by atoms with Gasteiger partial charge in [-0.1, -0.05) is 26.8 Å². The molecule has 2 rings (SSSR count). The van der Waals surface area contributed by atoms with Crippen LogP contribution in [0.1, 0.15) is 45.7 Å². The highest BCUT2D eigenvalue weighted by molar-refractivity contribution is 5.82. The fourth-order valence-electron chi connectivity index (χ4n) is 2.73. The number of carbonyl (C=O) groups is 1. The largest absolute Gasteiger partial charge is 0.340 e. The van der Waals surface area contributed by atoms with E-state index in [1.54, 1.807) is 6.20 Å². The minimum Gasteiger partial charge on any atom is -0.340 e. The summed E-state index contributed by atoms with van der Waals surface area (Å²) < 4.78 is 0. The summed E-state index contributed by atoms with van der Waals surface area (Å²) in [5.74, 6) is 0.290. The average molecular weight is 289 g/mol. The molecule has 0 aromatic carbocycles. The molecule has 1 aromatic rings. The number of hydrogen-bond acceptors (Lipinski definition) is 3. The van der Waals surface area contributed by atoms with Gasteiger partial charge in [0.15, 0.2) is 0 Å². The lowest BCUT2D eigenvalue weighted by Gasteiger charge is -2.40. The normalized spacial score (nSPS) is 18.6. The predicted octanol–water partition coefficient (Wildman–Crippen LogP) is 2.72. The van der Waals surface area contributed by atoms with Crippen LogP contribution in [0.25, 0.3) is 0 Å². The minimum absolute atomic E-state index is 0.239. The molecular weight excluding hydrogens is 262 g/mol. The Morgan fingerprint density at radius 2 is 2.00 bits per heavy atom. The predicted molar refractivity (Wildman–Crippen MR) is 84.9 cm³/mol. The molecule has 4 heteroatoms. The summed E-state index contributed by atoms with van der Waals surface area (Å²) in [5.41, 5.74) is 1.00. The molecule has 0 bridgehead atoms. The first kappa shape index (κ1) is 16.0. The molecule has 0 saturated carbocycles. The Balaban J connectivity index is 1.93. The van der Waals surface area contributed by atoms with Crippen LogP contribution in [0.3, 0.4) is 0 Å². The van der Waals surface area contributed by atoms with Crippen LogP contribution in [0.5, 0.6) is 0 Å². The van der Waals surface area contributed by atoms with E-state index < -0.39 is 0 Å². The third-order valence-corrected chi connectivity index (χ3v) is 4.78. The fourth-order valence-corrected chi connectivity index (χ4v) is 2.73. The van der Waals surface area contributed by atoms with E-state index >= 15 is 0 Å². The van der Waals surface area contributed by atoms with Crippen LogP contribution in [0.4, 0.5) is 0 Å². The van der Waals surface area contributed by atoms with E-state index in [-0.39, 0.29) is 5.41 Å². The van der Waals surface area contributed by atoms with Crippen molar-refractivity contribution in [2.75, 3.05) is 26.2 Å². The Hall–Kier alpha value is -1.42. The zero-order chi connectivity index (χ0) is 15.5. The number of pyridine rings is 1. The van der Waals surface area contributed by atoms with Gasteiger partial charge in [-0.25, -0.2) is 0 Å². The second-order valence-electron chi connectivity index (χ2n) is 6.53. The molecule has 1 aliphatic heterocycles. The van der Waals surface area contributed by atoms with E-state index in [9.17, 15) is 4.79 Å². The Morgan fingerprint density at radius 1 is 1.33 bits per heavy atom. The van der Waals surface area contributed by atoms with Crippen molar-refractivity contribution in [3.8, 4) is 0 Å². The Morgan fingerprint density at radius 3 is 2.52 bits per heavy atom. The lowest BCUT2D eigenvalue weighted by molar-refractivity contribution is -0.142. The summed E-state index contributed by atoms with van der Waals surface area (Å²) in [6, 6.07) is 4.46. The van der Waals surface area contributed by atoms with Crippen molar-refractivity contribution in [2.24, 2.45) is 5.41 Å². The molecule has 0 aliphatic carbocycles. The molecular formula is C17H27N3O. The van der Waals surface area contributed by atoms with Crippen LogP contribution in [0, 0.1) is 5.41 Å². The van der Waals surface area contributed by atoms with Crippen LogP contribution >= 0.6 is 0 Å². The lowest BCUT2D eigenvalue weighted by atomic mass is 9.88. The van der Waals surface area contributed by atoms with Gasteiger partial charge >= 0.3 is 0 Å². The van der Waals surface area contributed by atoms with Crippen molar-refractivity contribution in [1.29, 1.82) is 0 Å². The third kappa shape index (κ3) is 3.62. The molecule has 1 aromatic heterocycles. The number of aromatic nitrogens is 1. The summed E-state index contributed by atoms with van der Waals surface area (Å²) in [7, 11) is 0. The third-order valence-electron chi connectivity index (χ3n) is 4.78. The quantitative estimate of drug-likeness (QED) is 0.855. The van der Waals surface area contributed by atoms with Gasteiger partial charge in [0.2, 0.25) is 5.91 Å². The highest BCUT2D eigenvalue weighted by atomic mass is 16.2. The zero-order valence-electron chi connectivity index (χ0n) is 13.7. The summed E-state index contributed by atoms with van der Waals surface area (Å²) in [6.45, 7) is 11.9. The van der Waals surface area contributed by atoms with Crippen molar-refractivity contribution < 1.29 is 4.79 Å². The number of rotatable bonds is 4. The van der Waals surface area contributed by atoms with Crippen LogP contribution < -0.4 is 0 Å². The number of hydrogen-bond donors (Lipinski definition) is 0. The van der Waals surface area contributed by atoms with Gasteiger partial charge in [-0.2, -0.15) is 0 Å². The lowest BCUT2D eigenvalue weighted by Crippen LogP contribution is -2.52. The molecule has 1 atom stereocenters. The smallest absolute Gasteiger partial charge is 0.228 e. The van der Waals surface area contributed by atoms with E-state index in [4.69, 9.17) is 0 Å². The second-order valence-corrected chi connectivity index (χ2v) is 6.53. The molecule has 0 spiro atoms. The van der Waals surface area contributed by atoms with Gasteiger partial charge in [-0.15, -0.1) is 0 Å². The van der Waals surface area contributed by atoms with E-state index in [1.165, 1.54) is 5.56 Å². The maximum absolute atomic E-state index is 12.5. The maximum Gasteiger partial charge on any atom is 0.228 e. The topological polar surface area (TPSA) is 36.4 Å². The van der Waals surface area contributed by atoms with Crippen molar-refractivity contribution >= 4 is 5.91 Å². The first-order chi connectivity index (χ1) is 9.95. The van der Waals surface area contributed by atoms with Gasteiger partial charge < -0.3 is 4.90 Å². The van der Waals surface area contributed by atoms with E-state index in [0.717, 1.165) is 32.6 Å². The van der Waals surface area contributed by atoms with E-state index in [2.05, 4.69) is 29.8 Å². The van der Waals surface area contributed by atoms with E-state index in [1.807, 2.05) is 31.0 Å². The average Bonchev–Trinajstić information content (AvgIpc) is 2.54. The first-order valence-corrected chi connectivity index (χ1v) is 7.89. The Labute approximate surface area is 128 Å². The van der Waals surface area contributed by atoms with E-state index in [0.29, 0.717) is 11.9 Å². The van der Waals surface area contributed by atoms with Crippen molar-refractivity contribution in [1.82, 2.24) is 14.8 Å². The Bertz CT molecular complexity index is 464. The molecule has 0 N–H and O–H groups in total. The first-order valence-electron chi connectivity index (χ1n) is 7.89. The highest BCUT2D eigenvalue weighted by Crippen LogP contribution is 2.25. The SMILES string of the molecule is CCC(C)(C)C(=O)N1CCN([C@H](C)c2cccnc2)CC1. The molecule has 21 heavy (non-hydrogen) atoms. The van der Waals surface area contributed by atoms with Gasteiger partial charge in [0.05, 0.1) is 0 Å². The van der Waals surface area contributed by atoms with Crippen molar-refractivity contribution in [3.05, 3.63) is 30.1 Å². The highest BCUT2D eigenvalue weighted by Gasteiger charge is 2.32. The standard InChI is InChI=1S/C17H27N3O/c1-5-17(3,4)16(21)20-11-9-19(10-12-20)14(2)15-7-6-8-18-13-15/h6-8,13-14H,5,9-12H2,1-4H3/t14-/m1/s1.